The van der Waals surface area contributed by atoms with Crippen molar-refractivity contribution in [1.29, 1.82) is 0 Å². The van der Waals surface area contributed by atoms with Crippen LogP contribution in [0.2, 0.25) is 0 Å². The molecule has 0 bridgehead atoms. The van der Waals surface area contributed by atoms with Crippen molar-refractivity contribution in [3.63, 3.8) is 0 Å². The number of pyridine rings is 1. The molecule has 2 heterocycles. The molecule has 0 N–H and O–H groups in total. The second kappa shape index (κ2) is 6.39. The molecule has 1 fully saturated rings. The van der Waals surface area contributed by atoms with E-state index in [4.69, 9.17) is 4.74 Å². The molecular weight excluding hydrogens is 264 g/mol. The van der Waals surface area contributed by atoms with E-state index < -0.39 is 0 Å². The SMILES string of the molecule is O=Cc1ccccc1OCC1CCCN1c1ccccn1. The summed E-state index contributed by atoms with van der Waals surface area (Å²) in [5, 5.41) is 0. The number of benzene rings is 1. The zero-order valence-electron chi connectivity index (χ0n) is 11.8. The van der Waals surface area contributed by atoms with Gasteiger partial charge in [0, 0.05) is 12.7 Å². The number of hydrogen-bond donors (Lipinski definition) is 0. The summed E-state index contributed by atoms with van der Waals surface area (Å²) in [6.45, 7) is 1.57. The molecule has 0 aliphatic carbocycles. The number of anilines is 1. The highest BCUT2D eigenvalue weighted by Gasteiger charge is 2.26. The molecule has 0 saturated carbocycles. The number of ether oxygens (including phenoxy) is 1. The van der Waals surface area contributed by atoms with Crippen LogP contribution in [0, 0.1) is 0 Å². The summed E-state index contributed by atoms with van der Waals surface area (Å²) in [5.41, 5.74) is 0.597. The van der Waals surface area contributed by atoms with Gasteiger partial charge in [0.2, 0.25) is 0 Å². The summed E-state index contributed by atoms with van der Waals surface area (Å²) in [5.74, 6) is 1.65. The third kappa shape index (κ3) is 3.05. The minimum absolute atomic E-state index is 0.305. The van der Waals surface area contributed by atoms with Crippen LogP contribution in [0.5, 0.6) is 5.75 Å². The lowest BCUT2D eigenvalue weighted by Crippen LogP contribution is -2.34. The molecule has 2 aromatic rings. The van der Waals surface area contributed by atoms with Crippen molar-refractivity contribution in [2.45, 2.75) is 18.9 Å². The Kier molecular flexibility index (Phi) is 4.15. The van der Waals surface area contributed by atoms with E-state index in [1.54, 1.807) is 6.07 Å². The maximum Gasteiger partial charge on any atom is 0.153 e. The number of aromatic nitrogens is 1. The predicted octanol–water partition coefficient (Wildman–Crippen LogP) is 2.94. The van der Waals surface area contributed by atoms with Crippen LogP contribution >= 0.6 is 0 Å². The van der Waals surface area contributed by atoms with E-state index in [1.807, 2.05) is 42.6 Å². The Labute approximate surface area is 124 Å². The zero-order valence-corrected chi connectivity index (χ0v) is 11.8. The van der Waals surface area contributed by atoms with Gasteiger partial charge in [-0.05, 0) is 37.1 Å². The summed E-state index contributed by atoms with van der Waals surface area (Å²) in [6.07, 6.45) is 4.87. The van der Waals surface area contributed by atoms with Gasteiger partial charge in [0.15, 0.2) is 6.29 Å². The van der Waals surface area contributed by atoms with Crippen LogP contribution in [0.15, 0.2) is 48.7 Å². The molecule has 3 rings (SSSR count). The lowest BCUT2D eigenvalue weighted by atomic mass is 10.2. The fourth-order valence-electron chi connectivity index (χ4n) is 2.73. The molecule has 0 amide bonds. The van der Waals surface area contributed by atoms with Gasteiger partial charge in [0.25, 0.3) is 0 Å². The number of carbonyl (C=O) groups excluding carboxylic acids is 1. The van der Waals surface area contributed by atoms with Gasteiger partial charge in [-0.25, -0.2) is 4.98 Å². The fourth-order valence-corrected chi connectivity index (χ4v) is 2.73. The number of rotatable bonds is 5. The highest BCUT2D eigenvalue weighted by molar-refractivity contribution is 5.79. The Morgan fingerprint density at radius 1 is 1.24 bits per heavy atom. The van der Waals surface area contributed by atoms with Gasteiger partial charge in [-0.15, -0.1) is 0 Å². The molecular formula is C17H18N2O2. The van der Waals surface area contributed by atoms with Crippen LogP contribution in [0.25, 0.3) is 0 Å². The van der Waals surface area contributed by atoms with Gasteiger partial charge in [0.05, 0.1) is 11.6 Å². The van der Waals surface area contributed by atoms with Gasteiger partial charge >= 0.3 is 0 Å². The Morgan fingerprint density at radius 3 is 2.90 bits per heavy atom. The van der Waals surface area contributed by atoms with Crippen molar-refractivity contribution in [3.8, 4) is 5.75 Å². The standard InChI is InChI=1S/C17H18N2O2/c20-12-14-6-1-2-8-16(14)21-13-15-7-5-11-19(15)17-9-3-4-10-18-17/h1-4,6,8-10,12,15H,5,7,11,13H2. The molecule has 1 saturated heterocycles. The summed E-state index contributed by atoms with van der Waals surface area (Å²) >= 11 is 0. The third-order valence-corrected chi connectivity index (χ3v) is 3.80. The van der Waals surface area contributed by atoms with Crippen molar-refractivity contribution >= 4 is 12.1 Å². The Balaban J connectivity index is 1.68. The number of nitrogens with zero attached hydrogens (tertiary/aromatic N) is 2. The fraction of sp³-hybridized carbons (Fsp3) is 0.294. The molecule has 1 atom stereocenters. The average molecular weight is 282 g/mol. The molecule has 1 aliphatic rings. The van der Waals surface area contributed by atoms with E-state index in [2.05, 4.69) is 9.88 Å². The van der Waals surface area contributed by atoms with Crippen LogP contribution in [0.3, 0.4) is 0 Å². The van der Waals surface area contributed by atoms with Gasteiger partial charge in [0.1, 0.15) is 18.2 Å². The first-order valence-corrected chi connectivity index (χ1v) is 7.23. The van der Waals surface area contributed by atoms with Crippen LogP contribution in [-0.2, 0) is 0 Å². The topological polar surface area (TPSA) is 42.4 Å². The number of para-hydroxylation sites is 1. The van der Waals surface area contributed by atoms with E-state index in [0.717, 1.165) is 31.5 Å². The van der Waals surface area contributed by atoms with Gasteiger partial charge in [-0.2, -0.15) is 0 Å². The van der Waals surface area contributed by atoms with Gasteiger partial charge in [-0.3, -0.25) is 4.79 Å². The minimum atomic E-state index is 0.305. The zero-order chi connectivity index (χ0) is 14.5. The summed E-state index contributed by atoms with van der Waals surface area (Å²) in [6, 6.07) is 13.6. The maximum absolute atomic E-state index is 11.0. The van der Waals surface area contributed by atoms with Crippen molar-refractivity contribution in [2.24, 2.45) is 0 Å². The lowest BCUT2D eigenvalue weighted by molar-refractivity contribution is 0.111. The smallest absolute Gasteiger partial charge is 0.153 e. The molecule has 1 aromatic carbocycles. The highest BCUT2D eigenvalue weighted by Crippen LogP contribution is 2.25. The largest absolute Gasteiger partial charge is 0.491 e. The van der Waals surface area contributed by atoms with Crippen LogP contribution < -0.4 is 9.64 Å². The summed E-state index contributed by atoms with van der Waals surface area (Å²) < 4.78 is 5.86. The second-order valence-electron chi connectivity index (χ2n) is 5.14. The molecule has 1 unspecified atom stereocenters. The predicted molar refractivity (Wildman–Crippen MR) is 81.9 cm³/mol. The van der Waals surface area contributed by atoms with E-state index in [1.165, 1.54) is 0 Å². The van der Waals surface area contributed by atoms with Crippen molar-refractivity contribution in [2.75, 3.05) is 18.1 Å². The van der Waals surface area contributed by atoms with Crippen molar-refractivity contribution in [3.05, 3.63) is 54.2 Å². The normalized spacial score (nSPS) is 17.7. The first kappa shape index (κ1) is 13.6. The van der Waals surface area contributed by atoms with Gasteiger partial charge < -0.3 is 9.64 Å². The molecule has 21 heavy (non-hydrogen) atoms. The van der Waals surface area contributed by atoms with Crippen molar-refractivity contribution in [1.82, 2.24) is 4.98 Å². The summed E-state index contributed by atoms with van der Waals surface area (Å²) in [4.78, 5) is 17.7. The number of hydrogen-bond acceptors (Lipinski definition) is 4. The highest BCUT2D eigenvalue weighted by atomic mass is 16.5. The van der Waals surface area contributed by atoms with Crippen molar-refractivity contribution < 1.29 is 9.53 Å². The Morgan fingerprint density at radius 2 is 2.10 bits per heavy atom. The van der Waals surface area contributed by atoms with Crippen LogP contribution in [-0.4, -0.2) is 30.5 Å². The number of carbonyl (C=O) groups is 1. The van der Waals surface area contributed by atoms with E-state index >= 15 is 0 Å². The van der Waals surface area contributed by atoms with Gasteiger partial charge in [-0.1, -0.05) is 18.2 Å². The van der Waals surface area contributed by atoms with E-state index in [-0.39, 0.29) is 0 Å². The molecule has 4 nitrogen and oxygen atoms in total. The Bertz CT molecular complexity index is 601. The first-order valence-electron chi connectivity index (χ1n) is 7.23. The van der Waals surface area contributed by atoms with E-state index in [0.29, 0.717) is 24.0 Å². The second-order valence-corrected chi connectivity index (χ2v) is 5.14. The van der Waals surface area contributed by atoms with E-state index in [9.17, 15) is 4.79 Å². The first-order chi connectivity index (χ1) is 10.4. The maximum atomic E-state index is 11.0. The molecule has 1 aromatic heterocycles. The quantitative estimate of drug-likeness (QED) is 0.791. The lowest BCUT2D eigenvalue weighted by Gasteiger charge is -2.25. The molecule has 108 valence electrons. The molecule has 0 radical (unpaired) electrons. The van der Waals surface area contributed by atoms with Crippen LogP contribution in [0.4, 0.5) is 5.82 Å². The molecule has 0 spiro atoms. The molecule has 1 aliphatic heterocycles. The van der Waals surface area contributed by atoms with Crippen LogP contribution in [0.1, 0.15) is 23.2 Å². The number of aldehydes is 1. The Hall–Kier alpha value is -2.36. The summed E-state index contributed by atoms with van der Waals surface area (Å²) in [7, 11) is 0. The average Bonchev–Trinajstić information content (AvgIpc) is 3.02. The molecule has 4 heteroatoms. The third-order valence-electron chi connectivity index (χ3n) is 3.80. The minimum Gasteiger partial charge on any atom is -0.491 e. The monoisotopic (exact) mass is 282 g/mol.